The third-order valence-corrected chi connectivity index (χ3v) is 6.30. The zero-order chi connectivity index (χ0) is 23.6. The van der Waals surface area contributed by atoms with E-state index in [9.17, 15) is 10.1 Å². The number of carbonyl (C=O) groups excluding carboxylic acids is 1. The first-order chi connectivity index (χ1) is 15.1. The number of halogens is 1. The van der Waals surface area contributed by atoms with E-state index in [1.54, 1.807) is 6.08 Å². The average Bonchev–Trinajstić information content (AvgIpc) is 2.72. The number of amides is 1. The summed E-state index contributed by atoms with van der Waals surface area (Å²) < 4.78 is 0. The molecule has 0 atom stereocenters. The van der Waals surface area contributed by atoms with Gasteiger partial charge in [-0.25, -0.2) is 0 Å². The Morgan fingerprint density at radius 2 is 1.91 bits per heavy atom. The molecule has 0 radical (unpaired) electrons. The highest BCUT2D eigenvalue weighted by Gasteiger charge is 2.31. The Labute approximate surface area is 196 Å². The minimum atomic E-state index is -0.453. The van der Waals surface area contributed by atoms with Gasteiger partial charge in [-0.15, -0.1) is 0 Å². The molecule has 2 aromatic rings. The van der Waals surface area contributed by atoms with E-state index in [0.717, 1.165) is 40.9 Å². The quantitative estimate of drug-likeness (QED) is 0.400. The molecule has 4 nitrogen and oxygen atoms in total. The van der Waals surface area contributed by atoms with Crippen molar-refractivity contribution in [3.8, 4) is 6.07 Å². The van der Waals surface area contributed by atoms with E-state index < -0.39 is 5.91 Å². The number of hydrogen-bond donors (Lipinski definition) is 1. The summed E-state index contributed by atoms with van der Waals surface area (Å²) in [6.07, 6.45) is 4.84. The van der Waals surface area contributed by atoms with Gasteiger partial charge in [0.05, 0.1) is 5.54 Å². The first-order valence-corrected chi connectivity index (χ1v) is 11.3. The Morgan fingerprint density at radius 1 is 1.19 bits per heavy atom. The zero-order valence-corrected chi connectivity index (χ0v) is 20.4. The number of fused-ring (bicyclic) bond motifs is 1. The molecule has 1 heterocycles. The van der Waals surface area contributed by atoms with E-state index in [0.29, 0.717) is 16.3 Å². The van der Waals surface area contributed by atoms with Crippen molar-refractivity contribution >= 4 is 40.5 Å². The maximum Gasteiger partial charge on any atom is 0.266 e. The van der Waals surface area contributed by atoms with Gasteiger partial charge in [0.2, 0.25) is 0 Å². The van der Waals surface area contributed by atoms with Crippen LogP contribution in [0.5, 0.6) is 0 Å². The monoisotopic (exact) mass is 447 g/mol. The highest BCUT2D eigenvalue weighted by Crippen LogP contribution is 2.41. The number of anilines is 2. The summed E-state index contributed by atoms with van der Waals surface area (Å²) in [4.78, 5) is 15.1. The minimum absolute atomic E-state index is 0.00765. The highest BCUT2D eigenvalue weighted by atomic mass is 35.5. The van der Waals surface area contributed by atoms with Gasteiger partial charge in [0.1, 0.15) is 11.6 Å². The van der Waals surface area contributed by atoms with Gasteiger partial charge in [-0.2, -0.15) is 5.26 Å². The molecule has 3 rings (SSSR count). The van der Waals surface area contributed by atoms with Crippen molar-refractivity contribution in [3.05, 3.63) is 69.3 Å². The molecule has 1 aliphatic rings. The van der Waals surface area contributed by atoms with Gasteiger partial charge in [0.15, 0.2) is 0 Å². The molecule has 0 aromatic heterocycles. The molecule has 0 spiro atoms. The van der Waals surface area contributed by atoms with Gasteiger partial charge >= 0.3 is 0 Å². The molecule has 0 bridgehead atoms. The molecule has 1 N–H and O–H groups in total. The first kappa shape index (κ1) is 23.6. The molecule has 1 amide bonds. The number of nitrogens with zero attached hydrogens (tertiary/aromatic N) is 2. The number of hydrogen-bond acceptors (Lipinski definition) is 3. The van der Waals surface area contributed by atoms with Crippen molar-refractivity contribution in [2.45, 2.75) is 53.5 Å². The Kier molecular flexibility index (Phi) is 6.81. The molecule has 166 valence electrons. The van der Waals surface area contributed by atoms with Crippen LogP contribution in [0.4, 0.5) is 11.4 Å². The van der Waals surface area contributed by atoms with E-state index in [1.165, 1.54) is 0 Å². The van der Waals surface area contributed by atoms with Gasteiger partial charge < -0.3 is 10.2 Å². The van der Waals surface area contributed by atoms with E-state index in [2.05, 4.69) is 44.0 Å². The lowest BCUT2D eigenvalue weighted by molar-refractivity contribution is -0.112. The van der Waals surface area contributed by atoms with Gasteiger partial charge in [0, 0.05) is 28.5 Å². The predicted molar refractivity (Wildman–Crippen MR) is 135 cm³/mol. The Balaban J connectivity index is 1.98. The Morgan fingerprint density at radius 3 is 2.53 bits per heavy atom. The third kappa shape index (κ3) is 4.74. The largest absolute Gasteiger partial charge is 0.362 e. The second kappa shape index (κ2) is 9.22. The minimum Gasteiger partial charge on any atom is -0.362 e. The second-order valence-corrected chi connectivity index (χ2v) is 9.35. The number of nitrogens with one attached hydrogen (secondary N) is 1. The fourth-order valence-corrected chi connectivity index (χ4v) is 4.39. The molecular weight excluding hydrogens is 418 g/mol. The summed E-state index contributed by atoms with van der Waals surface area (Å²) >= 11 is 6.64. The molecule has 1 aliphatic heterocycles. The number of carbonyl (C=O) groups is 1. The maximum absolute atomic E-state index is 12.8. The topological polar surface area (TPSA) is 56.1 Å². The summed E-state index contributed by atoms with van der Waals surface area (Å²) in [6.45, 7) is 13.5. The van der Waals surface area contributed by atoms with Crippen LogP contribution in [0.1, 0.15) is 56.4 Å². The average molecular weight is 448 g/mol. The van der Waals surface area contributed by atoms with Crippen LogP contribution in [0, 0.1) is 25.2 Å². The lowest BCUT2D eigenvalue weighted by Gasteiger charge is -2.43. The van der Waals surface area contributed by atoms with Crippen LogP contribution >= 0.6 is 11.6 Å². The normalized spacial score (nSPS) is 15.0. The number of rotatable bonds is 5. The number of allylic oxidation sites excluding steroid dienone is 1. The van der Waals surface area contributed by atoms with Crippen LogP contribution in [0.2, 0.25) is 5.02 Å². The standard InChI is InChI=1S/C27H30ClN3O/c1-7-10-31-25-14-24(28)20(13-23(25)19(4)15-27(31,5)6)12-21(16-29)26(32)30-22-9-8-17(2)18(3)11-22/h8-9,11-15H,7,10H2,1-6H3,(H,30,32)/b21-12+. The number of aryl methyl sites for hydroxylation is 2. The van der Waals surface area contributed by atoms with Gasteiger partial charge in [-0.1, -0.05) is 30.7 Å². The summed E-state index contributed by atoms with van der Waals surface area (Å²) in [5, 5.41) is 13.0. The van der Waals surface area contributed by atoms with E-state index in [4.69, 9.17) is 11.6 Å². The Bertz CT molecular complexity index is 1170. The molecule has 5 heteroatoms. The van der Waals surface area contributed by atoms with Crippen LogP contribution in [-0.2, 0) is 4.79 Å². The molecule has 0 saturated carbocycles. The molecule has 0 aliphatic carbocycles. The fourth-order valence-electron chi connectivity index (χ4n) is 4.18. The van der Waals surface area contributed by atoms with Crippen molar-refractivity contribution in [1.82, 2.24) is 0 Å². The SMILES string of the molecule is CCCN1c2cc(Cl)c(/C=C(\C#N)C(=O)Nc3ccc(C)c(C)c3)cc2C(C)=CC1(C)C. The van der Waals surface area contributed by atoms with Crippen LogP contribution < -0.4 is 10.2 Å². The van der Waals surface area contributed by atoms with Crippen LogP contribution in [-0.4, -0.2) is 18.0 Å². The van der Waals surface area contributed by atoms with Crippen molar-refractivity contribution in [2.24, 2.45) is 0 Å². The lowest BCUT2D eigenvalue weighted by atomic mass is 9.87. The van der Waals surface area contributed by atoms with Crippen molar-refractivity contribution in [1.29, 1.82) is 5.26 Å². The van der Waals surface area contributed by atoms with Gasteiger partial charge in [-0.05, 0) is 93.6 Å². The highest BCUT2D eigenvalue weighted by molar-refractivity contribution is 6.32. The lowest BCUT2D eigenvalue weighted by Crippen LogP contribution is -2.45. The molecule has 32 heavy (non-hydrogen) atoms. The van der Waals surface area contributed by atoms with Crippen molar-refractivity contribution in [2.75, 3.05) is 16.8 Å². The summed E-state index contributed by atoms with van der Waals surface area (Å²) in [5.41, 5.74) is 6.73. The summed E-state index contributed by atoms with van der Waals surface area (Å²) in [7, 11) is 0. The molecule has 0 unspecified atom stereocenters. The second-order valence-electron chi connectivity index (χ2n) is 8.95. The summed E-state index contributed by atoms with van der Waals surface area (Å²) in [5.74, 6) is -0.453. The van der Waals surface area contributed by atoms with Crippen LogP contribution in [0.3, 0.4) is 0 Å². The van der Waals surface area contributed by atoms with Crippen molar-refractivity contribution in [3.63, 3.8) is 0 Å². The number of nitriles is 1. The van der Waals surface area contributed by atoms with Crippen molar-refractivity contribution < 1.29 is 4.79 Å². The number of benzene rings is 2. The molecule has 2 aromatic carbocycles. The van der Waals surface area contributed by atoms with Gasteiger partial charge in [-0.3, -0.25) is 4.79 Å². The van der Waals surface area contributed by atoms with Crippen LogP contribution in [0.15, 0.2) is 42.0 Å². The zero-order valence-electron chi connectivity index (χ0n) is 19.6. The van der Waals surface area contributed by atoms with E-state index in [-0.39, 0.29) is 11.1 Å². The summed E-state index contributed by atoms with van der Waals surface area (Å²) in [6, 6.07) is 11.6. The first-order valence-electron chi connectivity index (χ1n) is 10.9. The van der Waals surface area contributed by atoms with Gasteiger partial charge in [0.25, 0.3) is 5.91 Å². The molecule has 0 saturated heterocycles. The molecular formula is C27H30ClN3O. The predicted octanol–water partition coefficient (Wildman–Crippen LogP) is 6.91. The molecule has 0 fully saturated rings. The van der Waals surface area contributed by atoms with E-state index >= 15 is 0 Å². The third-order valence-electron chi connectivity index (χ3n) is 5.97. The maximum atomic E-state index is 12.8. The smallest absolute Gasteiger partial charge is 0.266 e. The Hall–Kier alpha value is -3.03. The van der Waals surface area contributed by atoms with Crippen LogP contribution in [0.25, 0.3) is 11.6 Å². The van der Waals surface area contributed by atoms with E-state index in [1.807, 2.05) is 50.2 Å². The fraction of sp³-hybridized carbons (Fsp3) is 0.333.